The minimum atomic E-state index is -0.413. The maximum atomic E-state index is 12.4. The van der Waals surface area contributed by atoms with Gasteiger partial charge in [0, 0.05) is 18.2 Å². The Kier molecular flexibility index (Phi) is 8.04. The number of urea groups is 1. The Balaban J connectivity index is 1.36. The van der Waals surface area contributed by atoms with E-state index in [2.05, 4.69) is 27.9 Å². The van der Waals surface area contributed by atoms with Crippen molar-refractivity contribution in [3.8, 4) is 0 Å². The smallest absolute Gasteiger partial charge is 0.321 e. The second-order valence-corrected chi connectivity index (χ2v) is 8.73. The largest absolute Gasteiger partial charge is 0.335 e. The summed E-state index contributed by atoms with van der Waals surface area (Å²) in [4.78, 5) is 42.8. The summed E-state index contributed by atoms with van der Waals surface area (Å²) in [6.45, 7) is 3.54. The van der Waals surface area contributed by atoms with Crippen molar-refractivity contribution >= 4 is 35.3 Å². The average Bonchev–Trinajstić information content (AvgIpc) is 2.72. The topological polar surface area (TPSA) is 103 Å². The SMILES string of the molecule is CC1CCCCC1NC(=O)NC(=O)CN1CCC(C(=O)Nc2ccc(Cl)cn2)CC1. The molecule has 0 radical (unpaired) electrons. The molecule has 30 heavy (non-hydrogen) atoms. The molecule has 4 amide bonds. The van der Waals surface area contributed by atoms with Gasteiger partial charge in [0.2, 0.25) is 11.8 Å². The number of aromatic nitrogens is 1. The highest BCUT2D eigenvalue weighted by atomic mass is 35.5. The van der Waals surface area contributed by atoms with E-state index in [0.29, 0.717) is 42.7 Å². The van der Waals surface area contributed by atoms with E-state index >= 15 is 0 Å². The fourth-order valence-corrected chi connectivity index (χ4v) is 4.25. The third-order valence-corrected chi connectivity index (χ3v) is 6.21. The molecule has 1 aliphatic carbocycles. The van der Waals surface area contributed by atoms with Gasteiger partial charge in [-0.05, 0) is 56.8 Å². The van der Waals surface area contributed by atoms with Crippen molar-refractivity contribution in [2.45, 2.75) is 51.5 Å². The zero-order valence-electron chi connectivity index (χ0n) is 17.3. The van der Waals surface area contributed by atoms with Crippen LogP contribution >= 0.6 is 11.6 Å². The fraction of sp³-hybridized carbons (Fsp3) is 0.619. The van der Waals surface area contributed by atoms with Crippen molar-refractivity contribution in [3.63, 3.8) is 0 Å². The average molecular weight is 436 g/mol. The van der Waals surface area contributed by atoms with Crippen molar-refractivity contribution in [2.75, 3.05) is 25.0 Å². The molecule has 2 atom stereocenters. The van der Waals surface area contributed by atoms with Gasteiger partial charge in [-0.1, -0.05) is 31.4 Å². The van der Waals surface area contributed by atoms with Gasteiger partial charge in [0.05, 0.1) is 11.6 Å². The van der Waals surface area contributed by atoms with Gasteiger partial charge in [-0.2, -0.15) is 0 Å². The van der Waals surface area contributed by atoms with Gasteiger partial charge in [-0.25, -0.2) is 9.78 Å². The standard InChI is InChI=1S/C21H30ClN5O3/c1-14-4-2-3-5-17(14)24-21(30)26-19(28)13-27-10-8-15(9-11-27)20(29)25-18-7-6-16(22)12-23-18/h6-7,12,14-15,17H,2-5,8-11,13H2,1H3,(H,23,25,29)(H2,24,26,28,30). The predicted molar refractivity (Wildman–Crippen MR) is 115 cm³/mol. The molecule has 1 aliphatic heterocycles. The lowest BCUT2D eigenvalue weighted by Crippen LogP contribution is -2.50. The molecule has 1 aromatic heterocycles. The maximum absolute atomic E-state index is 12.4. The molecule has 1 saturated carbocycles. The van der Waals surface area contributed by atoms with Crippen LogP contribution in [0.2, 0.25) is 5.02 Å². The Bertz CT molecular complexity index is 750. The molecule has 164 valence electrons. The summed E-state index contributed by atoms with van der Waals surface area (Å²) in [7, 11) is 0. The van der Waals surface area contributed by atoms with Crippen LogP contribution in [0.3, 0.4) is 0 Å². The van der Waals surface area contributed by atoms with Crippen molar-refractivity contribution in [3.05, 3.63) is 23.4 Å². The number of likely N-dealkylation sites (tertiary alicyclic amines) is 1. The molecule has 2 aliphatic rings. The third-order valence-electron chi connectivity index (χ3n) is 5.99. The summed E-state index contributed by atoms with van der Waals surface area (Å²) >= 11 is 5.80. The molecule has 2 fully saturated rings. The zero-order chi connectivity index (χ0) is 21.5. The highest BCUT2D eigenvalue weighted by molar-refractivity contribution is 6.30. The normalized spacial score (nSPS) is 22.9. The third kappa shape index (κ3) is 6.67. The second kappa shape index (κ2) is 10.7. The highest BCUT2D eigenvalue weighted by Gasteiger charge is 2.27. The first-order chi connectivity index (χ1) is 14.4. The van der Waals surface area contributed by atoms with Crippen LogP contribution in [0, 0.1) is 11.8 Å². The van der Waals surface area contributed by atoms with Gasteiger partial charge in [-0.3, -0.25) is 19.8 Å². The zero-order valence-corrected chi connectivity index (χ0v) is 18.1. The Morgan fingerprint density at radius 1 is 1.13 bits per heavy atom. The van der Waals surface area contributed by atoms with E-state index in [4.69, 9.17) is 11.6 Å². The number of piperidine rings is 1. The van der Waals surface area contributed by atoms with Crippen LogP contribution in [-0.2, 0) is 9.59 Å². The second-order valence-electron chi connectivity index (χ2n) is 8.29. The van der Waals surface area contributed by atoms with Crippen LogP contribution in [0.5, 0.6) is 0 Å². The number of rotatable bonds is 5. The van der Waals surface area contributed by atoms with Gasteiger partial charge in [-0.15, -0.1) is 0 Å². The summed E-state index contributed by atoms with van der Waals surface area (Å²) in [5, 5.41) is 8.68. The number of pyridine rings is 1. The maximum Gasteiger partial charge on any atom is 0.321 e. The molecule has 2 heterocycles. The van der Waals surface area contributed by atoms with Crippen molar-refractivity contribution in [1.29, 1.82) is 0 Å². The summed E-state index contributed by atoms with van der Waals surface area (Å²) in [6.07, 6.45) is 7.17. The lowest BCUT2D eigenvalue weighted by Gasteiger charge is -2.31. The molecule has 3 N–H and O–H groups in total. The van der Waals surface area contributed by atoms with E-state index < -0.39 is 6.03 Å². The van der Waals surface area contributed by atoms with E-state index in [9.17, 15) is 14.4 Å². The van der Waals surface area contributed by atoms with Crippen LogP contribution in [0.25, 0.3) is 0 Å². The lowest BCUT2D eigenvalue weighted by molar-refractivity contribution is -0.122. The van der Waals surface area contributed by atoms with Gasteiger partial charge < -0.3 is 10.6 Å². The summed E-state index contributed by atoms with van der Waals surface area (Å²) in [6, 6.07) is 3.06. The van der Waals surface area contributed by atoms with Crippen molar-refractivity contribution in [1.82, 2.24) is 20.5 Å². The van der Waals surface area contributed by atoms with E-state index in [1.54, 1.807) is 12.1 Å². The first-order valence-corrected chi connectivity index (χ1v) is 11.0. The van der Waals surface area contributed by atoms with Gasteiger partial charge >= 0.3 is 6.03 Å². The molecule has 0 aromatic carbocycles. The molecule has 0 bridgehead atoms. The number of hydrogen-bond donors (Lipinski definition) is 3. The van der Waals surface area contributed by atoms with Crippen LogP contribution in [0.4, 0.5) is 10.6 Å². The summed E-state index contributed by atoms with van der Waals surface area (Å²) < 4.78 is 0. The van der Waals surface area contributed by atoms with E-state index in [0.717, 1.165) is 19.3 Å². The van der Waals surface area contributed by atoms with Gasteiger partial charge in [0.1, 0.15) is 5.82 Å². The lowest BCUT2D eigenvalue weighted by atomic mass is 9.86. The Labute approximate surface area is 182 Å². The molecule has 8 nitrogen and oxygen atoms in total. The number of carbonyl (C=O) groups is 3. The van der Waals surface area contributed by atoms with E-state index in [1.807, 2.05) is 4.90 Å². The minimum absolute atomic E-state index is 0.0742. The quantitative estimate of drug-likeness (QED) is 0.659. The number of imide groups is 1. The molecule has 0 spiro atoms. The van der Waals surface area contributed by atoms with Crippen molar-refractivity contribution in [2.24, 2.45) is 11.8 Å². The van der Waals surface area contributed by atoms with Gasteiger partial charge in [0.15, 0.2) is 0 Å². The predicted octanol–water partition coefficient (Wildman–Crippen LogP) is 2.79. The number of carbonyl (C=O) groups excluding carboxylic acids is 3. The number of nitrogens with one attached hydrogen (secondary N) is 3. The minimum Gasteiger partial charge on any atom is -0.335 e. The molecule has 9 heteroatoms. The molecule has 2 unspecified atom stereocenters. The van der Waals surface area contributed by atoms with E-state index in [-0.39, 0.29) is 30.3 Å². The first-order valence-electron chi connectivity index (χ1n) is 10.7. The Morgan fingerprint density at radius 2 is 1.87 bits per heavy atom. The molecule has 3 rings (SSSR count). The highest BCUT2D eigenvalue weighted by Crippen LogP contribution is 2.23. The molecular weight excluding hydrogens is 406 g/mol. The molecule has 1 saturated heterocycles. The van der Waals surface area contributed by atoms with Crippen molar-refractivity contribution < 1.29 is 14.4 Å². The number of amides is 4. The number of halogens is 1. The van der Waals surface area contributed by atoms with Crippen LogP contribution in [0.1, 0.15) is 45.4 Å². The van der Waals surface area contributed by atoms with Gasteiger partial charge in [0.25, 0.3) is 0 Å². The van der Waals surface area contributed by atoms with Crippen LogP contribution in [0.15, 0.2) is 18.3 Å². The summed E-state index contributed by atoms with van der Waals surface area (Å²) in [5.74, 6) is 0.398. The number of anilines is 1. The first kappa shape index (κ1) is 22.5. The Hall–Kier alpha value is -2.19. The fourth-order valence-electron chi connectivity index (χ4n) is 4.14. The monoisotopic (exact) mass is 435 g/mol. The number of hydrogen-bond acceptors (Lipinski definition) is 5. The van der Waals surface area contributed by atoms with E-state index in [1.165, 1.54) is 12.6 Å². The molecule has 1 aromatic rings. The summed E-state index contributed by atoms with van der Waals surface area (Å²) in [5.41, 5.74) is 0. The Morgan fingerprint density at radius 3 is 2.53 bits per heavy atom. The van der Waals surface area contributed by atoms with Crippen LogP contribution < -0.4 is 16.0 Å². The number of nitrogens with zero attached hydrogens (tertiary/aromatic N) is 2. The molecular formula is C21H30ClN5O3. The van der Waals surface area contributed by atoms with Crippen LogP contribution in [-0.4, -0.2) is 53.4 Å².